The second-order valence-corrected chi connectivity index (χ2v) is 5.94. The van der Waals surface area contributed by atoms with Crippen LogP contribution < -0.4 is 0 Å². The van der Waals surface area contributed by atoms with Crippen LogP contribution in [-0.2, 0) is 6.42 Å². The maximum absolute atomic E-state index is 8.71. The van der Waals surface area contributed by atoms with Crippen LogP contribution in [0.3, 0.4) is 0 Å². The summed E-state index contributed by atoms with van der Waals surface area (Å²) in [6.45, 7) is 4.20. The average molecular weight is 299 g/mol. The maximum Gasteiger partial charge on any atom is 0.0690 e. The highest BCUT2D eigenvalue weighted by Crippen LogP contribution is 2.21. The third-order valence-electron chi connectivity index (χ3n) is 4.40. The molecule has 1 N–H and O–H groups in total. The van der Waals surface area contributed by atoms with Crippen LogP contribution in [0.15, 0.2) is 72.8 Å². The third kappa shape index (κ3) is 3.24. The topological polar surface area (TPSA) is 23.9 Å². The Labute approximate surface area is 138 Å². The van der Waals surface area contributed by atoms with Crippen molar-refractivity contribution < 1.29 is 0 Å². The van der Waals surface area contributed by atoms with Crippen LogP contribution in [-0.4, -0.2) is 5.71 Å². The summed E-state index contributed by atoms with van der Waals surface area (Å²) >= 11 is 0. The Morgan fingerprint density at radius 3 is 2.17 bits per heavy atom. The van der Waals surface area contributed by atoms with Gasteiger partial charge in [0.2, 0.25) is 0 Å². The lowest BCUT2D eigenvalue weighted by Crippen LogP contribution is -2.08. The zero-order chi connectivity index (χ0) is 16.2. The molecule has 0 aromatic heterocycles. The average Bonchev–Trinajstić information content (AvgIpc) is 2.58. The summed E-state index contributed by atoms with van der Waals surface area (Å²) in [5.41, 5.74) is 7.53. The minimum Gasteiger partial charge on any atom is -0.300 e. The Kier molecular flexibility index (Phi) is 4.38. The first-order chi connectivity index (χ1) is 11.2. The van der Waals surface area contributed by atoms with Crippen molar-refractivity contribution >= 4 is 5.71 Å². The normalized spacial score (nSPS) is 10.5. The van der Waals surface area contributed by atoms with Gasteiger partial charge in [-0.15, -0.1) is 0 Å². The molecule has 0 amide bonds. The van der Waals surface area contributed by atoms with Crippen molar-refractivity contribution in [2.75, 3.05) is 0 Å². The Balaban J connectivity index is 2.00. The van der Waals surface area contributed by atoms with E-state index in [-0.39, 0.29) is 0 Å². The van der Waals surface area contributed by atoms with Gasteiger partial charge in [0.25, 0.3) is 0 Å². The molecule has 0 spiro atoms. The lowest BCUT2D eigenvalue weighted by Gasteiger charge is -2.14. The third-order valence-corrected chi connectivity index (χ3v) is 4.40. The molecular weight excluding hydrogens is 278 g/mol. The predicted molar refractivity (Wildman–Crippen MR) is 97.5 cm³/mol. The number of hydrogen-bond acceptors (Lipinski definition) is 1. The first-order valence-corrected chi connectivity index (χ1v) is 7.94. The molecule has 0 bridgehead atoms. The Bertz CT molecular complexity index is 832. The second kappa shape index (κ2) is 6.62. The Morgan fingerprint density at radius 2 is 1.39 bits per heavy atom. The van der Waals surface area contributed by atoms with E-state index in [2.05, 4.69) is 62.4 Å². The van der Waals surface area contributed by atoms with E-state index in [9.17, 15) is 0 Å². The molecule has 0 saturated heterocycles. The van der Waals surface area contributed by atoms with Crippen LogP contribution in [0.1, 0.15) is 33.4 Å². The Morgan fingerprint density at radius 1 is 0.739 bits per heavy atom. The molecule has 0 atom stereocenters. The molecule has 1 heteroatoms. The van der Waals surface area contributed by atoms with E-state index in [1.807, 2.05) is 24.3 Å². The SMILES string of the molecule is Cc1cccc(C(=N)c2ccccc2Cc2ccccc2)c1C. The van der Waals surface area contributed by atoms with Crippen molar-refractivity contribution in [2.24, 2.45) is 0 Å². The highest BCUT2D eigenvalue weighted by atomic mass is 14.4. The van der Waals surface area contributed by atoms with Crippen molar-refractivity contribution in [3.05, 3.63) is 106 Å². The zero-order valence-corrected chi connectivity index (χ0v) is 13.6. The lowest BCUT2D eigenvalue weighted by atomic mass is 9.91. The summed E-state index contributed by atoms with van der Waals surface area (Å²) < 4.78 is 0. The number of nitrogens with one attached hydrogen (secondary N) is 1. The number of benzene rings is 3. The highest BCUT2D eigenvalue weighted by Gasteiger charge is 2.12. The molecule has 3 rings (SSSR count). The van der Waals surface area contributed by atoms with E-state index in [4.69, 9.17) is 5.41 Å². The summed E-state index contributed by atoms with van der Waals surface area (Å²) in [5.74, 6) is 0. The number of hydrogen-bond donors (Lipinski definition) is 1. The zero-order valence-electron chi connectivity index (χ0n) is 13.6. The van der Waals surface area contributed by atoms with Gasteiger partial charge >= 0.3 is 0 Å². The van der Waals surface area contributed by atoms with E-state index < -0.39 is 0 Å². The van der Waals surface area contributed by atoms with Gasteiger partial charge < -0.3 is 0 Å². The number of aryl methyl sites for hydroxylation is 1. The van der Waals surface area contributed by atoms with Crippen molar-refractivity contribution in [1.29, 1.82) is 5.41 Å². The summed E-state index contributed by atoms with van der Waals surface area (Å²) in [7, 11) is 0. The highest BCUT2D eigenvalue weighted by molar-refractivity contribution is 6.12. The molecule has 0 aliphatic heterocycles. The monoisotopic (exact) mass is 299 g/mol. The predicted octanol–water partition coefficient (Wildman–Crippen LogP) is 5.31. The van der Waals surface area contributed by atoms with Gasteiger partial charge in [-0.1, -0.05) is 72.8 Å². The van der Waals surface area contributed by atoms with Crippen LogP contribution in [0, 0.1) is 19.3 Å². The quantitative estimate of drug-likeness (QED) is 0.631. The fraction of sp³-hybridized carbons (Fsp3) is 0.136. The van der Waals surface area contributed by atoms with Crippen molar-refractivity contribution in [2.45, 2.75) is 20.3 Å². The summed E-state index contributed by atoms with van der Waals surface area (Å²) in [4.78, 5) is 0. The fourth-order valence-corrected chi connectivity index (χ4v) is 2.90. The van der Waals surface area contributed by atoms with Gasteiger partial charge in [-0.25, -0.2) is 0 Å². The minimum atomic E-state index is 0.609. The van der Waals surface area contributed by atoms with Gasteiger partial charge in [0, 0.05) is 11.1 Å². The first-order valence-electron chi connectivity index (χ1n) is 7.94. The van der Waals surface area contributed by atoms with E-state index in [1.165, 1.54) is 22.3 Å². The van der Waals surface area contributed by atoms with Crippen LogP contribution in [0.2, 0.25) is 0 Å². The van der Waals surface area contributed by atoms with Gasteiger partial charge in [-0.2, -0.15) is 0 Å². The molecule has 0 aliphatic carbocycles. The van der Waals surface area contributed by atoms with Crippen LogP contribution in [0.5, 0.6) is 0 Å². The smallest absolute Gasteiger partial charge is 0.0690 e. The van der Waals surface area contributed by atoms with E-state index >= 15 is 0 Å². The molecule has 3 aromatic rings. The van der Waals surface area contributed by atoms with E-state index in [0.717, 1.165) is 17.5 Å². The lowest BCUT2D eigenvalue weighted by molar-refractivity contribution is 1.18. The van der Waals surface area contributed by atoms with Gasteiger partial charge in [0.15, 0.2) is 0 Å². The molecule has 0 unspecified atom stereocenters. The molecule has 3 aromatic carbocycles. The van der Waals surface area contributed by atoms with Crippen molar-refractivity contribution in [1.82, 2.24) is 0 Å². The first kappa shape index (κ1) is 15.2. The van der Waals surface area contributed by atoms with E-state index in [1.54, 1.807) is 0 Å². The minimum absolute atomic E-state index is 0.609. The van der Waals surface area contributed by atoms with Gasteiger partial charge in [-0.3, -0.25) is 5.41 Å². The van der Waals surface area contributed by atoms with Crippen LogP contribution in [0.25, 0.3) is 0 Å². The van der Waals surface area contributed by atoms with Gasteiger partial charge in [0.1, 0.15) is 0 Å². The molecule has 0 fully saturated rings. The Hall–Kier alpha value is -2.67. The number of rotatable bonds is 4. The second-order valence-electron chi connectivity index (χ2n) is 5.94. The van der Waals surface area contributed by atoms with Crippen LogP contribution >= 0.6 is 0 Å². The van der Waals surface area contributed by atoms with Crippen LogP contribution in [0.4, 0.5) is 0 Å². The molecule has 114 valence electrons. The van der Waals surface area contributed by atoms with Gasteiger partial charge in [0.05, 0.1) is 5.71 Å². The largest absolute Gasteiger partial charge is 0.300 e. The van der Waals surface area contributed by atoms with Crippen molar-refractivity contribution in [3.8, 4) is 0 Å². The molecule has 23 heavy (non-hydrogen) atoms. The molecule has 0 aliphatic rings. The maximum atomic E-state index is 8.71. The fourth-order valence-electron chi connectivity index (χ4n) is 2.90. The summed E-state index contributed by atoms with van der Waals surface area (Å²) in [6, 6.07) is 24.9. The molecular formula is C22H21N. The summed E-state index contributed by atoms with van der Waals surface area (Å²) in [5, 5.41) is 8.71. The molecule has 1 nitrogen and oxygen atoms in total. The molecule has 0 saturated carbocycles. The standard InChI is InChI=1S/C22H21N/c1-16-9-8-14-20(17(16)2)22(23)21-13-7-6-12-19(21)15-18-10-4-3-5-11-18/h3-14,23H,15H2,1-2H3. The molecule has 0 radical (unpaired) electrons. The van der Waals surface area contributed by atoms with Gasteiger partial charge in [-0.05, 0) is 42.5 Å². The molecule has 0 heterocycles. The van der Waals surface area contributed by atoms with E-state index in [0.29, 0.717) is 5.71 Å². The summed E-state index contributed by atoms with van der Waals surface area (Å²) in [6.07, 6.45) is 0.851. The van der Waals surface area contributed by atoms with Crippen molar-refractivity contribution in [3.63, 3.8) is 0 Å².